The van der Waals surface area contributed by atoms with E-state index < -0.39 is 53.5 Å². The second-order valence-electron chi connectivity index (χ2n) is 11.9. The third-order valence-corrected chi connectivity index (χ3v) is 7.26. The summed E-state index contributed by atoms with van der Waals surface area (Å²) in [4.78, 5) is 55.0. The number of halogens is 1. The van der Waals surface area contributed by atoms with Gasteiger partial charge in [0.25, 0.3) is 5.91 Å². The van der Waals surface area contributed by atoms with Crippen molar-refractivity contribution in [3.05, 3.63) is 63.7 Å². The quantitative estimate of drug-likeness (QED) is 0.327. The van der Waals surface area contributed by atoms with E-state index in [9.17, 15) is 19.2 Å². The van der Waals surface area contributed by atoms with Gasteiger partial charge >= 0.3 is 6.09 Å². The van der Waals surface area contributed by atoms with E-state index in [1.54, 1.807) is 32.9 Å². The van der Waals surface area contributed by atoms with Crippen molar-refractivity contribution in [3.8, 4) is 0 Å². The molecule has 0 aliphatic carbocycles. The molecule has 0 aliphatic rings. The molecular weight excluding hydrogens is 544 g/mol. The van der Waals surface area contributed by atoms with Crippen molar-refractivity contribution < 1.29 is 23.9 Å². The normalized spacial score (nSPS) is 13.1. The number of hydrogen-bond donors (Lipinski definition) is 3. The highest BCUT2D eigenvalue weighted by Crippen LogP contribution is 2.37. The maximum atomic E-state index is 14.5. The molecule has 0 saturated carbocycles. The number of nitrogens with one attached hydrogen (secondary N) is 2. The molecule has 2 aromatic rings. The predicted octanol–water partition coefficient (Wildman–Crippen LogP) is 5.73. The number of alkyl carbamates (subject to hydrolysis) is 1. The maximum absolute atomic E-state index is 14.5. The van der Waals surface area contributed by atoms with Crippen LogP contribution in [-0.4, -0.2) is 45.9 Å². The van der Waals surface area contributed by atoms with E-state index in [2.05, 4.69) is 10.6 Å². The summed E-state index contributed by atoms with van der Waals surface area (Å²) in [7, 11) is 0. The van der Waals surface area contributed by atoms with Crippen LogP contribution in [0.15, 0.2) is 36.4 Å². The van der Waals surface area contributed by atoms with Gasteiger partial charge in [-0.25, -0.2) is 4.79 Å². The molecule has 0 aliphatic heterocycles. The number of primary amides is 1. The van der Waals surface area contributed by atoms with Crippen molar-refractivity contribution >= 4 is 41.1 Å². The van der Waals surface area contributed by atoms with Gasteiger partial charge in [0, 0.05) is 5.54 Å². The number of amides is 4. The van der Waals surface area contributed by atoms with Crippen LogP contribution in [-0.2, 0) is 19.1 Å². The standard InChI is InChI=1S/C31H43ClN4O5/c1-10-31(8,9)36(28(39)22(17-23(33)37)34-29(40)41-30(5,6)7)26(24-18(2)13-11-14-19(24)3)27(38)35-25-20(4)15-12-16-21(25)32/h11-16,22,26H,10,17H2,1-9H3,(H2,33,37)(H,34,40)(H,35,38). The van der Waals surface area contributed by atoms with Crippen molar-refractivity contribution in [2.45, 2.75) is 98.4 Å². The molecular formula is C31H43ClN4O5. The summed E-state index contributed by atoms with van der Waals surface area (Å²) in [6, 6.07) is 8.35. The molecule has 0 bridgehead atoms. The van der Waals surface area contributed by atoms with Crippen LogP contribution in [0.25, 0.3) is 0 Å². The highest BCUT2D eigenvalue weighted by molar-refractivity contribution is 6.34. The number of anilines is 1. The van der Waals surface area contributed by atoms with Gasteiger partial charge in [0.2, 0.25) is 11.8 Å². The lowest BCUT2D eigenvalue weighted by atomic mass is 9.88. The van der Waals surface area contributed by atoms with Gasteiger partial charge in [-0.2, -0.15) is 0 Å². The zero-order chi connectivity index (χ0) is 31.3. The van der Waals surface area contributed by atoms with E-state index in [0.717, 1.165) is 16.7 Å². The van der Waals surface area contributed by atoms with Gasteiger partial charge in [-0.15, -0.1) is 0 Å². The predicted molar refractivity (Wildman–Crippen MR) is 162 cm³/mol. The van der Waals surface area contributed by atoms with E-state index in [1.165, 1.54) is 4.90 Å². The van der Waals surface area contributed by atoms with E-state index in [1.807, 2.05) is 65.8 Å². The summed E-state index contributed by atoms with van der Waals surface area (Å²) in [6.45, 7) is 16.1. The lowest BCUT2D eigenvalue weighted by Crippen LogP contribution is -2.59. The van der Waals surface area contributed by atoms with E-state index in [-0.39, 0.29) is 0 Å². The van der Waals surface area contributed by atoms with E-state index in [0.29, 0.717) is 22.7 Å². The monoisotopic (exact) mass is 586 g/mol. The van der Waals surface area contributed by atoms with Crippen LogP contribution >= 0.6 is 11.6 Å². The number of ether oxygens (including phenoxy) is 1. The average molecular weight is 587 g/mol. The zero-order valence-electron chi connectivity index (χ0n) is 25.5. The minimum Gasteiger partial charge on any atom is -0.444 e. The van der Waals surface area contributed by atoms with Crippen LogP contribution < -0.4 is 16.4 Å². The number of benzene rings is 2. The second-order valence-corrected chi connectivity index (χ2v) is 12.3. The van der Waals surface area contributed by atoms with Crippen molar-refractivity contribution in [2.75, 3.05) is 5.32 Å². The Balaban J connectivity index is 2.77. The highest BCUT2D eigenvalue weighted by atomic mass is 35.5. The number of nitrogens with two attached hydrogens (primary N) is 1. The van der Waals surface area contributed by atoms with Gasteiger partial charge in [0.05, 0.1) is 17.1 Å². The Morgan fingerprint density at radius 1 is 0.951 bits per heavy atom. The van der Waals surface area contributed by atoms with Crippen LogP contribution in [0.3, 0.4) is 0 Å². The molecule has 0 saturated heterocycles. The van der Waals surface area contributed by atoms with Gasteiger partial charge in [0.1, 0.15) is 17.7 Å². The van der Waals surface area contributed by atoms with Crippen LogP contribution in [0.1, 0.15) is 82.7 Å². The molecule has 9 nitrogen and oxygen atoms in total. The van der Waals surface area contributed by atoms with Crippen molar-refractivity contribution in [1.29, 1.82) is 0 Å². The summed E-state index contributed by atoms with van der Waals surface area (Å²) in [5.41, 5.74) is 7.13. The molecule has 10 heteroatoms. The van der Waals surface area contributed by atoms with Crippen LogP contribution in [0.4, 0.5) is 10.5 Å². The molecule has 0 spiro atoms. The first-order valence-corrected chi connectivity index (χ1v) is 14.0. The fraction of sp³-hybridized carbons (Fsp3) is 0.484. The summed E-state index contributed by atoms with van der Waals surface area (Å²) >= 11 is 6.46. The minimum absolute atomic E-state index is 0.351. The Bertz CT molecular complexity index is 1260. The molecule has 0 fully saturated rings. The SMILES string of the molecule is CCC(C)(C)N(C(=O)C(CC(N)=O)NC(=O)OC(C)(C)C)C(C(=O)Nc1c(C)cccc1Cl)c1c(C)cccc1C. The van der Waals surface area contributed by atoms with Crippen LogP contribution in [0.5, 0.6) is 0 Å². The summed E-state index contributed by atoms with van der Waals surface area (Å²) in [5, 5.41) is 5.82. The summed E-state index contributed by atoms with van der Waals surface area (Å²) in [5.74, 6) is -1.95. The van der Waals surface area contributed by atoms with Gasteiger partial charge in [-0.1, -0.05) is 48.9 Å². The third-order valence-electron chi connectivity index (χ3n) is 6.94. The topological polar surface area (TPSA) is 131 Å². The molecule has 4 amide bonds. The lowest BCUT2D eigenvalue weighted by molar-refractivity contribution is -0.148. The zero-order valence-corrected chi connectivity index (χ0v) is 26.2. The smallest absolute Gasteiger partial charge is 0.408 e. The molecule has 0 aromatic heterocycles. The fourth-order valence-corrected chi connectivity index (χ4v) is 4.85. The maximum Gasteiger partial charge on any atom is 0.408 e. The Labute approximate surface area is 248 Å². The number of aryl methyl sites for hydroxylation is 3. The van der Waals surface area contributed by atoms with Crippen molar-refractivity contribution in [2.24, 2.45) is 5.73 Å². The summed E-state index contributed by atoms with van der Waals surface area (Å²) < 4.78 is 5.36. The Morgan fingerprint density at radius 3 is 1.98 bits per heavy atom. The highest BCUT2D eigenvalue weighted by Gasteiger charge is 2.44. The third kappa shape index (κ3) is 8.70. The second kappa shape index (κ2) is 13.4. The van der Waals surface area contributed by atoms with Crippen LogP contribution in [0, 0.1) is 20.8 Å². The molecule has 0 radical (unpaired) electrons. The van der Waals surface area contributed by atoms with Crippen molar-refractivity contribution in [1.82, 2.24) is 10.2 Å². The number of rotatable bonds is 10. The van der Waals surface area contributed by atoms with Gasteiger partial charge in [-0.05, 0) is 90.1 Å². The molecule has 2 aromatic carbocycles. The fourth-order valence-electron chi connectivity index (χ4n) is 4.58. The van der Waals surface area contributed by atoms with Gasteiger partial charge in [-0.3, -0.25) is 14.4 Å². The van der Waals surface area contributed by atoms with Gasteiger partial charge < -0.3 is 26.0 Å². The minimum atomic E-state index is -1.38. The molecule has 2 unspecified atom stereocenters. The first-order chi connectivity index (χ1) is 18.9. The largest absolute Gasteiger partial charge is 0.444 e. The lowest BCUT2D eigenvalue weighted by Gasteiger charge is -2.45. The number of carbonyl (C=O) groups excluding carboxylic acids is 4. The Morgan fingerprint density at radius 2 is 1.49 bits per heavy atom. The number of para-hydroxylation sites is 1. The Kier molecular flexibility index (Phi) is 11.0. The molecule has 2 atom stereocenters. The molecule has 2 rings (SSSR count). The van der Waals surface area contributed by atoms with E-state index in [4.69, 9.17) is 22.1 Å². The average Bonchev–Trinajstić information content (AvgIpc) is 2.83. The van der Waals surface area contributed by atoms with Crippen molar-refractivity contribution in [3.63, 3.8) is 0 Å². The van der Waals surface area contributed by atoms with E-state index >= 15 is 0 Å². The molecule has 4 N–H and O–H groups in total. The van der Waals surface area contributed by atoms with Crippen LogP contribution in [0.2, 0.25) is 5.02 Å². The molecule has 41 heavy (non-hydrogen) atoms. The van der Waals surface area contributed by atoms with Gasteiger partial charge in [0.15, 0.2) is 0 Å². The molecule has 224 valence electrons. The number of hydrogen-bond acceptors (Lipinski definition) is 5. The first kappa shape index (κ1) is 33.6. The number of nitrogens with zero attached hydrogens (tertiary/aromatic N) is 1. The summed E-state index contributed by atoms with van der Waals surface area (Å²) in [6.07, 6.45) is -0.918. The molecule has 0 heterocycles. The number of carbonyl (C=O) groups is 4. The first-order valence-electron chi connectivity index (χ1n) is 13.6. The Hall–Kier alpha value is -3.59.